The largest absolute Gasteiger partial charge is 0.376 e. The van der Waals surface area contributed by atoms with Crippen molar-refractivity contribution in [1.82, 2.24) is 14.5 Å². The molecule has 0 spiro atoms. The summed E-state index contributed by atoms with van der Waals surface area (Å²) in [5.74, 6) is 1.27. The van der Waals surface area contributed by atoms with Gasteiger partial charge in [-0.25, -0.2) is 9.97 Å². The van der Waals surface area contributed by atoms with Gasteiger partial charge in [0, 0.05) is 12.8 Å². The molecule has 0 N–H and O–H groups in total. The maximum atomic E-state index is 5.90. The van der Waals surface area contributed by atoms with Gasteiger partial charge in [-0.1, -0.05) is 0 Å². The topological polar surface area (TPSA) is 39.9 Å². The summed E-state index contributed by atoms with van der Waals surface area (Å²) in [6, 6.07) is 3.84. The minimum absolute atomic E-state index is 0.293. The molecule has 0 amide bonds. The average Bonchev–Trinajstić information content (AvgIpc) is 2.61. The van der Waals surface area contributed by atoms with Gasteiger partial charge in [0.15, 0.2) is 5.65 Å². The van der Waals surface area contributed by atoms with Gasteiger partial charge < -0.3 is 9.30 Å². The number of imidazole rings is 1. The van der Waals surface area contributed by atoms with Crippen LogP contribution in [0.1, 0.15) is 12.2 Å². The minimum Gasteiger partial charge on any atom is -0.376 e. The van der Waals surface area contributed by atoms with Crippen molar-refractivity contribution in [2.24, 2.45) is 0 Å². The highest BCUT2D eigenvalue weighted by atomic mass is 35.5. The molecule has 0 saturated carbocycles. The lowest BCUT2D eigenvalue weighted by Gasteiger charge is -2.27. The Balaban J connectivity index is 2.04. The van der Waals surface area contributed by atoms with Gasteiger partial charge in [-0.15, -0.1) is 11.6 Å². The van der Waals surface area contributed by atoms with Crippen molar-refractivity contribution in [1.29, 1.82) is 0 Å². The molecule has 0 bridgehead atoms. The monoisotopic (exact) mass is 237 g/mol. The van der Waals surface area contributed by atoms with E-state index in [1.54, 1.807) is 6.20 Å². The molecule has 2 aromatic rings. The molecular formula is C11H12ClN3O. The fourth-order valence-corrected chi connectivity index (χ4v) is 2.14. The van der Waals surface area contributed by atoms with Crippen molar-refractivity contribution < 1.29 is 4.74 Å². The molecule has 2 aromatic heterocycles. The van der Waals surface area contributed by atoms with Crippen molar-refractivity contribution in [3.8, 4) is 0 Å². The SMILES string of the molecule is ClCc1nc2cccnc2n1CC1CCO1. The summed E-state index contributed by atoms with van der Waals surface area (Å²) in [7, 11) is 0. The molecule has 0 aliphatic carbocycles. The first-order valence-corrected chi connectivity index (χ1v) is 5.89. The Hall–Kier alpha value is -1.13. The number of nitrogens with zero attached hydrogens (tertiary/aromatic N) is 3. The average molecular weight is 238 g/mol. The van der Waals surface area contributed by atoms with E-state index in [0.29, 0.717) is 12.0 Å². The molecule has 3 heterocycles. The number of fused-ring (bicyclic) bond motifs is 1. The normalized spacial score (nSPS) is 19.9. The van der Waals surface area contributed by atoms with E-state index in [4.69, 9.17) is 16.3 Å². The van der Waals surface area contributed by atoms with Crippen LogP contribution in [0.25, 0.3) is 11.2 Å². The summed E-state index contributed by atoms with van der Waals surface area (Å²) in [5, 5.41) is 0. The molecule has 16 heavy (non-hydrogen) atoms. The number of hydrogen-bond donors (Lipinski definition) is 0. The number of rotatable bonds is 3. The number of aromatic nitrogens is 3. The van der Waals surface area contributed by atoms with E-state index in [9.17, 15) is 0 Å². The van der Waals surface area contributed by atoms with E-state index < -0.39 is 0 Å². The van der Waals surface area contributed by atoms with E-state index in [1.807, 2.05) is 12.1 Å². The van der Waals surface area contributed by atoms with Crippen molar-refractivity contribution in [3.63, 3.8) is 0 Å². The predicted octanol–water partition coefficient (Wildman–Crippen LogP) is 1.96. The van der Waals surface area contributed by atoms with Gasteiger partial charge in [0.1, 0.15) is 11.3 Å². The lowest BCUT2D eigenvalue weighted by Crippen LogP contribution is -2.31. The summed E-state index contributed by atoms with van der Waals surface area (Å²) in [4.78, 5) is 8.80. The molecular weight excluding hydrogens is 226 g/mol. The summed E-state index contributed by atoms with van der Waals surface area (Å²) < 4.78 is 7.49. The van der Waals surface area contributed by atoms with Crippen LogP contribution in [0.4, 0.5) is 0 Å². The quantitative estimate of drug-likeness (QED) is 0.767. The Morgan fingerprint density at radius 3 is 3.12 bits per heavy atom. The van der Waals surface area contributed by atoms with Gasteiger partial charge in [-0.2, -0.15) is 0 Å². The number of hydrogen-bond acceptors (Lipinski definition) is 3. The van der Waals surface area contributed by atoms with Gasteiger partial charge in [0.2, 0.25) is 0 Å². The van der Waals surface area contributed by atoms with Crippen molar-refractivity contribution in [2.45, 2.75) is 24.9 Å². The molecule has 1 fully saturated rings. The minimum atomic E-state index is 0.293. The predicted molar refractivity (Wildman–Crippen MR) is 61.4 cm³/mol. The Labute approximate surface area is 98.2 Å². The third-order valence-electron chi connectivity index (χ3n) is 2.88. The van der Waals surface area contributed by atoms with Gasteiger partial charge in [-0.05, 0) is 18.6 Å². The second-order valence-electron chi connectivity index (χ2n) is 3.90. The van der Waals surface area contributed by atoms with Crippen LogP contribution in [0.15, 0.2) is 18.3 Å². The van der Waals surface area contributed by atoms with Crippen LogP contribution in [0.5, 0.6) is 0 Å². The van der Waals surface area contributed by atoms with Crippen LogP contribution < -0.4 is 0 Å². The van der Waals surface area contributed by atoms with Gasteiger partial charge in [0.05, 0.1) is 18.5 Å². The van der Waals surface area contributed by atoms with Crippen LogP contribution in [-0.2, 0) is 17.2 Å². The van der Waals surface area contributed by atoms with E-state index >= 15 is 0 Å². The van der Waals surface area contributed by atoms with Crippen LogP contribution in [0.2, 0.25) is 0 Å². The van der Waals surface area contributed by atoms with Crippen molar-refractivity contribution in [2.75, 3.05) is 6.61 Å². The molecule has 0 radical (unpaired) electrons. The molecule has 1 saturated heterocycles. The van der Waals surface area contributed by atoms with E-state index in [-0.39, 0.29) is 0 Å². The third-order valence-corrected chi connectivity index (χ3v) is 3.12. The zero-order chi connectivity index (χ0) is 11.0. The van der Waals surface area contributed by atoms with E-state index in [2.05, 4.69) is 14.5 Å². The second kappa shape index (κ2) is 4.03. The van der Waals surface area contributed by atoms with Gasteiger partial charge in [-0.3, -0.25) is 0 Å². The van der Waals surface area contributed by atoms with Gasteiger partial charge >= 0.3 is 0 Å². The lowest BCUT2D eigenvalue weighted by atomic mass is 10.2. The van der Waals surface area contributed by atoms with Crippen LogP contribution >= 0.6 is 11.6 Å². The first-order chi connectivity index (χ1) is 7.88. The molecule has 0 aromatic carbocycles. The first kappa shape index (κ1) is 10.1. The zero-order valence-electron chi connectivity index (χ0n) is 8.77. The maximum absolute atomic E-state index is 5.90. The molecule has 4 nitrogen and oxygen atoms in total. The Bertz CT molecular complexity index is 507. The van der Waals surface area contributed by atoms with Crippen LogP contribution in [0.3, 0.4) is 0 Å². The zero-order valence-corrected chi connectivity index (χ0v) is 9.52. The molecule has 3 rings (SSSR count). The fraction of sp³-hybridized carbons (Fsp3) is 0.455. The number of halogens is 1. The second-order valence-corrected chi connectivity index (χ2v) is 4.17. The molecule has 1 unspecified atom stereocenters. The summed E-state index contributed by atoms with van der Waals surface area (Å²) in [5.41, 5.74) is 1.80. The van der Waals surface area contributed by atoms with Crippen molar-refractivity contribution in [3.05, 3.63) is 24.2 Å². The fourth-order valence-electron chi connectivity index (χ4n) is 1.93. The highest BCUT2D eigenvalue weighted by molar-refractivity contribution is 6.16. The highest BCUT2D eigenvalue weighted by Crippen LogP contribution is 2.20. The molecule has 84 valence electrons. The highest BCUT2D eigenvalue weighted by Gasteiger charge is 2.21. The van der Waals surface area contributed by atoms with E-state index in [0.717, 1.165) is 36.6 Å². The molecule has 5 heteroatoms. The lowest BCUT2D eigenvalue weighted by molar-refractivity contribution is -0.0590. The number of pyridine rings is 1. The smallest absolute Gasteiger partial charge is 0.160 e. The third kappa shape index (κ3) is 1.58. The van der Waals surface area contributed by atoms with E-state index in [1.165, 1.54) is 0 Å². The standard InChI is InChI=1S/C11H12ClN3O/c12-6-10-14-9-2-1-4-13-11(9)15(10)7-8-3-5-16-8/h1-2,4,8H,3,5-7H2. The Kier molecular flexibility index (Phi) is 2.53. The maximum Gasteiger partial charge on any atom is 0.160 e. The van der Waals surface area contributed by atoms with Gasteiger partial charge in [0.25, 0.3) is 0 Å². The molecule has 1 aliphatic heterocycles. The molecule has 1 atom stereocenters. The first-order valence-electron chi connectivity index (χ1n) is 5.36. The Morgan fingerprint density at radius 1 is 1.56 bits per heavy atom. The van der Waals surface area contributed by atoms with Crippen LogP contribution in [0, 0.1) is 0 Å². The number of ether oxygens (including phenoxy) is 1. The summed E-state index contributed by atoms with van der Waals surface area (Å²) in [6.07, 6.45) is 3.18. The van der Waals surface area contributed by atoms with Crippen molar-refractivity contribution >= 4 is 22.8 Å². The summed E-state index contributed by atoms with van der Waals surface area (Å²) >= 11 is 5.90. The Morgan fingerprint density at radius 2 is 2.44 bits per heavy atom. The summed E-state index contributed by atoms with van der Waals surface area (Å²) in [6.45, 7) is 1.66. The van der Waals surface area contributed by atoms with Crippen LogP contribution in [-0.4, -0.2) is 27.2 Å². The number of alkyl halides is 1. The molecule has 1 aliphatic rings.